The monoisotopic (exact) mass is 213 g/mol. The maximum Gasteiger partial charge on any atom is 0.175 e. The molecular formula is C9H11NO3S. The van der Waals surface area contributed by atoms with Gasteiger partial charge in [0.05, 0.1) is 10.9 Å². The van der Waals surface area contributed by atoms with Crippen LogP contribution < -0.4 is 10.5 Å². The second-order valence-corrected chi connectivity index (χ2v) is 5.41. The minimum Gasteiger partial charge on any atom is -0.491 e. The largest absolute Gasteiger partial charge is 0.491 e. The van der Waals surface area contributed by atoms with E-state index < -0.39 is 9.84 Å². The van der Waals surface area contributed by atoms with Gasteiger partial charge in [0, 0.05) is 11.8 Å². The maximum absolute atomic E-state index is 11.2. The van der Waals surface area contributed by atoms with Crippen molar-refractivity contribution in [2.45, 2.75) is 10.9 Å². The van der Waals surface area contributed by atoms with E-state index in [1.54, 1.807) is 12.1 Å². The summed E-state index contributed by atoms with van der Waals surface area (Å²) in [5, 5.41) is 0. The molecule has 2 N–H and O–H groups in total. The summed E-state index contributed by atoms with van der Waals surface area (Å²) in [6.45, 7) is 0.419. The second kappa shape index (κ2) is 2.96. The molecular weight excluding hydrogens is 202 g/mol. The van der Waals surface area contributed by atoms with E-state index in [9.17, 15) is 8.42 Å². The van der Waals surface area contributed by atoms with Crippen molar-refractivity contribution in [1.82, 2.24) is 0 Å². The Morgan fingerprint density at radius 3 is 2.86 bits per heavy atom. The van der Waals surface area contributed by atoms with Crippen molar-refractivity contribution in [1.29, 1.82) is 0 Å². The molecule has 14 heavy (non-hydrogen) atoms. The fourth-order valence-corrected chi connectivity index (χ4v) is 2.08. The van der Waals surface area contributed by atoms with E-state index in [4.69, 9.17) is 10.5 Å². The molecule has 1 aromatic rings. The Hall–Kier alpha value is -1.07. The van der Waals surface area contributed by atoms with Crippen LogP contribution in [0.3, 0.4) is 0 Å². The topological polar surface area (TPSA) is 69.4 Å². The highest BCUT2D eigenvalue weighted by molar-refractivity contribution is 7.90. The molecule has 1 aliphatic rings. The highest BCUT2D eigenvalue weighted by Crippen LogP contribution is 2.32. The average Bonchev–Trinajstić information content (AvgIpc) is 2.46. The number of hydrogen-bond donors (Lipinski definition) is 1. The lowest BCUT2D eigenvalue weighted by molar-refractivity contribution is 0.332. The summed E-state index contributed by atoms with van der Waals surface area (Å²) < 4.78 is 27.7. The van der Waals surface area contributed by atoms with Crippen LogP contribution in [0, 0.1) is 0 Å². The van der Waals surface area contributed by atoms with Crippen molar-refractivity contribution >= 4 is 9.84 Å². The van der Waals surface area contributed by atoms with Gasteiger partial charge in [-0.3, -0.25) is 0 Å². The molecule has 1 aromatic carbocycles. The molecule has 1 aliphatic heterocycles. The molecule has 0 amide bonds. The fourth-order valence-electron chi connectivity index (χ4n) is 1.45. The summed E-state index contributed by atoms with van der Waals surface area (Å²) in [7, 11) is -3.16. The summed E-state index contributed by atoms with van der Waals surface area (Å²) in [5.41, 5.74) is 6.60. The first-order chi connectivity index (χ1) is 6.48. The van der Waals surface area contributed by atoms with Crippen molar-refractivity contribution in [3.05, 3.63) is 23.8 Å². The number of rotatable bonds is 1. The molecule has 0 bridgehead atoms. The van der Waals surface area contributed by atoms with Gasteiger partial charge in [-0.2, -0.15) is 0 Å². The predicted molar refractivity (Wildman–Crippen MR) is 52.0 cm³/mol. The van der Waals surface area contributed by atoms with Crippen molar-refractivity contribution in [2.24, 2.45) is 5.73 Å². The quantitative estimate of drug-likeness (QED) is 0.736. The summed E-state index contributed by atoms with van der Waals surface area (Å²) in [5.74, 6) is 0.584. The fraction of sp³-hybridized carbons (Fsp3) is 0.333. The first kappa shape index (κ1) is 9.48. The van der Waals surface area contributed by atoms with Gasteiger partial charge in [-0.15, -0.1) is 0 Å². The molecule has 4 nitrogen and oxygen atoms in total. The Morgan fingerprint density at radius 1 is 1.50 bits per heavy atom. The van der Waals surface area contributed by atoms with E-state index in [0.29, 0.717) is 12.4 Å². The molecule has 0 fully saturated rings. The molecule has 2 rings (SSSR count). The minimum atomic E-state index is -3.16. The van der Waals surface area contributed by atoms with Gasteiger partial charge in [0.2, 0.25) is 0 Å². The van der Waals surface area contributed by atoms with Crippen molar-refractivity contribution < 1.29 is 13.2 Å². The third kappa shape index (κ3) is 1.49. The Kier molecular flexibility index (Phi) is 2.01. The summed E-state index contributed by atoms with van der Waals surface area (Å²) in [6, 6.07) is 4.66. The molecule has 0 aliphatic carbocycles. The van der Waals surface area contributed by atoms with Crippen LogP contribution in [0.5, 0.6) is 5.75 Å². The van der Waals surface area contributed by atoms with E-state index in [1.165, 1.54) is 12.3 Å². The Morgan fingerprint density at radius 2 is 2.21 bits per heavy atom. The third-order valence-electron chi connectivity index (χ3n) is 2.23. The zero-order valence-corrected chi connectivity index (χ0v) is 8.54. The number of fused-ring (bicyclic) bond motifs is 1. The summed E-state index contributed by atoms with van der Waals surface area (Å²) >= 11 is 0. The highest BCUT2D eigenvalue weighted by Gasteiger charge is 2.22. The lowest BCUT2D eigenvalue weighted by Crippen LogP contribution is -2.10. The lowest BCUT2D eigenvalue weighted by Gasteiger charge is -2.02. The SMILES string of the molecule is CS(=O)(=O)c1ccc2c(c1)OC[C@@H]2N. The molecule has 0 saturated carbocycles. The maximum atomic E-state index is 11.2. The Bertz CT molecular complexity index is 467. The standard InChI is InChI=1S/C9H11NO3S/c1-14(11,12)6-2-3-7-8(10)5-13-9(7)4-6/h2-4,8H,5,10H2,1H3/t8-/m0/s1. The summed E-state index contributed by atoms with van der Waals surface area (Å²) in [6.07, 6.45) is 1.17. The van der Waals surface area contributed by atoms with Crippen LogP contribution in [0.15, 0.2) is 23.1 Å². The molecule has 0 saturated heterocycles. The third-order valence-corrected chi connectivity index (χ3v) is 3.34. The zero-order valence-electron chi connectivity index (χ0n) is 7.73. The van der Waals surface area contributed by atoms with Gasteiger partial charge in [0.25, 0.3) is 0 Å². The average molecular weight is 213 g/mol. The first-order valence-corrected chi connectivity index (χ1v) is 6.10. The molecule has 0 spiro atoms. The zero-order chi connectivity index (χ0) is 10.3. The van der Waals surface area contributed by atoms with Crippen molar-refractivity contribution in [3.63, 3.8) is 0 Å². The van der Waals surface area contributed by atoms with Crippen LogP contribution in [0.25, 0.3) is 0 Å². The Labute approximate surface area is 82.6 Å². The second-order valence-electron chi connectivity index (χ2n) is 3.39. The van der Waals surface area contributed by atoms with E-state index in [1.807, 2.05) is 0 Å². The van der Waals surface area contributed by atoms with Crippen LogP contribution in [0.2, 0.25) is 0 Å². The Balaban J connectivity index is 2.53. The van der Waals surface area contributed by atoms with Crippen LogP contribution in [0.4, 0.5) is 0 Å². The van der Waals surface area contributed by atoms with Crippen LogP contribution in [-0.4, -0.2) is 21.3 Å². The van der Waals surface area contributed by atoms with Gasteiger partial charge in [-0.25, -0.2) is 8.42 Å². The number of benzene rings is 1. The van der Waals surface area contributed by atoms with Gasteiger partial charge >= 0.3 is 0 Å². The van der Waals surface area contributed by atoms with E-state index in [2.05, 4.69) is 0 Å². The van der Waals surface area contributed by atoms with Crippen molar-refractivity contribution in [2.75, 3.05) is 12.9 Å². The lowest BCUT2D eigenvalue weighted by atomic mass is 10.1. The van der Waals surface area contributed by atoms with E-state index in [0.717, 1.165) is 5.56 Å². The van der Waals surface area contributed by atoms with Crippen LogP contribution in [0.1, 0.15) is 11.6 Å². The van der Waals surface area contributed by atoms with Crippen LogP contribution >= 0.6 is 0 Å². The number of hydrogen-bond acceptors (Lipinski definition) is 4. The minimum absolute atomic E-state index is 0.140. The van der Waals surface area contributed by atoms with E-state index >= 15 is 0 Å². The molecule has 5 heteroatoms. The smallest absolute Gasteiger partial charge is 0.175 e. The van der Waals surface area contributed by atoms with Crippen LogP contribution in [-0.2, 0) is 9.84 Å². The molecule has 0 radical (unpaired) electrons. The van der Waals surface area contributed by atoms with Gasteiger partial charge in [0.1, 0.15) is 12.4 Å². The van der Waals surface area contributed by atoms with Gasteiger partial charge in [-0.1, -0.05) is 6.07 Å². The number of ether oxygens (including phenoxy) is 1. The van der Waals surface area contributed by atoms with Gasteiger partial charge in [0.15, 0.2) is 9.84 Å². The van der Waals surface area contributed by atoms with Gasteiger partial charge in [-0.05, 0) is 12.1 Å². The summed E-state index contributed by atoms with van der Waals surface area (Å²) in [4.78, 5) is 0.269. The molecule has 1 heterocycles. The normalized spacial score (nSPS) is 20.3. The number of sulfone groups is 1. The molecule has 1 atom stereocenters. The van der Waals surface area contributed by atoms with Crippen molar-refractivity contribution in [3.8, 4) is 5.75 Å². The first-order valence-electron chi connectivity index (χ1n) is 4.21. The highest BCUT2D eigenvalue weighted by atomic mass is 32.2. The molecule has 0 aromatic heterocycles. The number of nitrogens with two attached hydrogens (primary N) is 1. The predicted octanol–water partition coefficient (Wildman–Crippen LogP) is 0.482. The molecule has 76 valence electrons. The molecule has 0 unspecified atom stereocenters. The van der Waals surface area contributed by atoms with Gasteiger partial charge < -0.3 is 10.5 Å². The van der Waals surface area contributed by atoms with E-state index in [-0.39, 0.29) is 10.9 Å².